The van der Waals surface area contributed by atoms with Crippen molar-refractivity contribution < 1.29 is 74.1 Å². The van der Waals surface area contributed by atoms with Crippen molar-refractivity contribution in [1.29, 1.82) is 0 Å². The molecule has 0 spiro atoms. The molecule has 0 saturated carbocycles. The molecule has 42 heavy (non-hydrogen) atoms. The van der Waals surface area contributed by atoms with E-state index >= 15 is 0 Å². The molecule has 15 nitrogen and oxygen atoms in total. The van der Waals surface area contributed by atoms with Gasteiger partial charge in [-0.3, -0.25) is 9.59 Å². The smallest absolute Gasteiger partial charge is 0.308 e. The number of carboxylic acids is 1. The summed E-state index contributed by atoms with van der Waals surface area (Å²) in [5.41, 5.74) is -1.04. The summed E-state index contributed by atoms with van der Waals surface area (Å²) < 4.78 is 27.4. The lowest BCUT2D eigenvalue weighted by molar-refractivity contribution is -0.358. The number of ether oxygens (including phenoxy) is 5. The van der Waals surface area contributed by atoms with Crippen LogP contribution in [0.3, 0.4) is 0 Å². The van der Waals surface area contributed by atoms with E-state index in [4.69, 9.17) is 28.8 Å². The van der Waals surface area contributed by atoms with Gasteiger partial charge in [0.1, 0.15) is 55.4 Å². The van der Waals surface area contributed by atoms with Crippen LogP contribution in [0.15, 0.2) is 36.4 Å². The summed E-state index contributed by atoms with van der Waals surface area (Å²) in [6.07, 6.45) is -14.3. The van der Waals surface area contributed by atoms with Gasteiger partial charge in [0.2, 0.25) is 0 Å². The molecule has 11 atom stereocenters. The highest BCUT2D eigenvalue weighted by molar-refractivity contribution is 5.73. The lowest BCUT2D eigenvalue weighted by Crippen LogP contribution is -2.64. The van der Waals surface area contributed by atoms with E-state index in [1.807, 2.05) is 30.3 Å². The Morgan fingerprint density at radius 2 is 1.55 bits per heavy atom. The molecule has 1 aromatic rings. The van der Waals surface area contributed by atoms with Crippen molar-refractivity contribution >= 4 is 18.0 Å². The van der Waals surface area contributed by atoms with E-state index in [0.717, 1.165) is 12.5 Å². The number of hydrogen-bond donors (Lipinski definition) is 8. The van der Waals surface area contributed by atoms with Gasteiger partial charge in [-0.1, -0.05) is 42.5 Å². The van der Waals surface area contributed by atoms with Gasteiger partial charge in [0.25, 0.3) is 0 Å². The second kappa shape index (κ2) is 15.3. The molecule has 0 amide bonds. The number of carbonyl (C=O) groups is 2. The van der Waals surface area contributed by atoms with Gasteiger partial charge in [-0.15, -0.1) is 0 Å². The zero-order chi connectivity index (χ0) is 31.0. The van der Waals surface area contributed by atoms with Crippen LogP contribution in [0.5, 0.6) is 0 Å². The molecule has 3 rings (SSSR count). The summed E-state index contributed by atoms with van der Waals surface area (Å²) in [5, 5.41) is 80.7. The van der Waals surface area contributed by atoms with Crippen LogP contribution in [-0.4, -0.2) is 140 Å². The molecule has 0 unspecified atom stereocenters. The maximum atomic E-state index is 12.4. The molecule has 2 saturated heterocycles. The first kappa shape index (κ1) is 34.0. The van der Waals surface area contributed by atoms with Crippen molar-refractivity contribution in [3.05, 3.63) is 42.0 Å². The fraction of sp³-hybridized carbons (Fsp3) is 0.630. The number of aliphatic hydroxyl groups excluding tert-OH is 6. The van der Waals surface area contributed by atoms with Crippen LogP contribution < -0.4 is 0 Å². The van der Waals surface area contributed by atoms with Gasteiger partial charge in [-0.25, -0.2) is 0 Å². The quantitative estimate of drug-likeness (QED) is 0.109. The number of carbonyl (C=O) groups excluding carboxylic acids is 1. The average Bonchev–Trinajstić information content (AvgIpc) is 2.93. The van der Waals surface area contributed by atoms with E-state index in [0.29, 0.717) is 0 Å². The largest absolute Gasteiger partial charge is 0.481 e. The van der Waals surface area contributed by atoms with E-state index < -0.39 is 105 Å². The lowest BCUT2D eigenvalue weighted by Gasteiger charge is -2.46. The highest BCUT2D eigenvalue weighted by atomic mass is 16.7. The maximum absolute atomic E-state index is 12.4. The highest BCUT2D eigenvalue weighted by Crippen LogP contribution is 2.30. The van der Waals surface area contributed by atoms with Crippen molar-refractivity contribution in [2.75, 3.05) is 19.8 Å². The van der Waals surface area contributed by atoms with E-state index in [-0.39, 0.29) is 6.61 Å². The van der Waals surface area contributed by atoms with Gasteiger partial charge in [0.05, 0.1) is 31.7 Å². The molecule has 0 aliphatic carbocycles. The Hall–Kier alpha value is -2.54. The molecule has 2 heterocycles. The topological polar surface area (TPSA) is 242 Å². The van der Waals surface area contributed by atoms with Gasteiger partial charge in [0.15, 0.2) is 12.6 Å². The molecule has 1 aromatic carbocycles. The molecule has 15 heteroatoms. The van der Waals surface area contributed by atoms with Crippen molar-refractivity contribution in [2.24, 2.45) is 0 Å². The minimum absolute atomic E-state index is 0.0634. The van der Waals surface area contributed by atoms with Crippen LogP contribution in [0.2, 0.25) is 0 Å². The first-order valence-corrected chi connectivity index (χ1v) is 13.2. The fourth-order valence-electron chi connectivity index (χ4n) is 4.50. The summed E-state index contributed by atoms with van der Waals surface area (Å²) in [5.74, 6) is -2.35. The minimum atomic E-state index is -1.92. The molecular formula is C27H38O15. The molecule has 8 N–H and O–H groups in total. The number of esters is 1. The highest BCUT2D eigenvalue weighted by Gasteiger charge is 2.51. The SMILES string of the molecule is C[C@@](O)(CC(=O)O)CC(=O)OC[C@@H]1O[C@H](OC/C=C/c2ccccc2)[C@@H](O)[C@H](O)[C@H]1O[C@@H]1O[C@H](CO)[C@H](O)[C@H](O)[C@@H]1O. The predicted molar refractivity (Wildman–Crippen MR) is 139 cm³/mol. The van der Waals surface area contributed by atoms with Gasteiger partial charge in [-0.05, 0) is 12.5 Å². The van der Waals surface area contributed by atoms with Crippen molar-refractivity contribution in [3.63, 3.8) is 0 Å². The van der Waals surface area contributed by atoms with Crippen molar-refractivity contribution in [1.82, 2.24) is 0 Å². The summed E-state index contributed by atoms with van der Waals surface area (Å²) in [4.78, 5) is 23.3. The average molecular weight is 603 g/mol. The summed E-state index contributed by atoms with van der Waals surface area (Å²) >= 11 is 0. The second-order valence-electron chi connectivity index (χ2n) is 10.4. The minimum Gasteiger partial charge on any atom is -0.481 e. The third kappa shape index (κ3) is 9.23. The summed E-state index contributed by atoms with van der Waals surface area (Å²) in [6, 6.07) is 9.24. The normalized spacial score (nSPS) is 35.0. The number of rotatable bonds is 13. The van der Waals surface area contributed by atoms with Crippen LogP contribution in [0, 0.1) is 0 Å². The van der Waals surface area contributed by atoms with Gasteiger partial charge in [0, 0.05) is 0 Å². The fourth-order valence-corrected chi connectivity index (χ4v) is 4.50. The van der Waals surface area contributed by atoms with Gasteiger partial charge >= 0.3 is 11.9 Å². The van der Waals surface area contributed by atoms with E-state index in [9.17, 15) is 45.3 Å². The molecule has 0 aromatic heterocycles. The molecule has 0 radical (unpaired) electrons. The third-order valence-electron chi connectivity index (χ3n) is 6.71. The second-order valence-corrected chi connectivity index (χ2v) is 10.4. The Bertz CT molecular complexity index is 1030. The summed E-state index contributed by atoms with van der Waals surface area (Å²) in [6.45, 7) is -0.321. The predicted octanol–water partition coefficient (Wildman–Crippen LogP) is -2.49. The molecular weight excluding hydrogens is 564 g/mol. The van der Waals surface area contributed by atoms with Crippen LogP contribution in [0.4, 0.5) is 0 Å². The van der Waals surface area contributed by atoms with Crippen LogP contribution in [0.25, 0.3) is 6.08 Å². The van der Waals surface area contributed by atoms with E-state index in [1.54, 1.807) is 12.2 Å². The third-order valence-corrected chi connectivity index (χ3v) is 6.71. The van der Waals surface area contributed by atoms with Crippen molar-refractivity contribution in [3.8, 4) is 0 Å². The number of aliphatic hydroxyl groups is 7. The number of carboxylic acid groups (broad SMARTS) is 1. The van der Waals surface area contributed by atoms with Crippen LogP contribution >= 0.6 is 0 Å². The Morgan fingerprint density at radius 1 is 0.905 bits per heavy atom. The standard InChI is InChI=1S/C27H38O15/c1-27(37,10-17(29)30)11-18(31)39-13-16-24(42-26-22(35)20(33)19(32)15(12-28)40-26)21(34)23(36)25(41-16)38-9-5-8-14-6-3-2-4-7-14/h2-8,15-16,19-26,28,32-37H,9-13H2,1H3,(H,29,30)/b8-5+/t15-,16+,19+,20+,21+,22+,23+,24+,25+,26+,27-/m1/s1. The van der Waals surface area contributed by atoms with E-state index in [2.05, 4.69) is 0 Å². The van der Waals surface area contributed by atoms with Crippen LogP contribution in [-0.2, 0) is 33.3 Å². The van der Waals surface area contributed by atoms with E-state index in [1.165, 1.54) is 0 Å². The molecule has 2 fully saturated rings. The number of hydrogen-bond acceptors (Lipinski definition) is 14. The first-order valence-electron chi connectivity index (χ1n) is 13.2. The molecule has 236 valence electrons. The van der Waals surface area contributed by atoms with Crippen LogP contribution in [0.1, 0.15) is 25.3 Å². The Morgan fingerprint density at radius 3 is 2.19 bits per heavy atom. The lowest BCUT2D eigenvalue weighted by atomic mass is 9.97. The monoisotopic (exact) mass is 602 g/mol. The summed E-state index contributed by atoms with van der Waals surface area (Å²) in [7, 11) is 0. The zero-order valence-electron chi connectivity index (χ0n) is 22.8. The molecule has 0 bridgehead atoms. The number of aliphatic carboxylic acids is 1. The Balaban J connectivity index is 1.72. The Kier molecular flexibility index (Phi) is 12.3. The van der Waals surface area contributed by atoms with Gasteiger partial charge in [-0.2, -0.15) is 0 Å². The maximum Gasteiger partial charge on any atom is 0.308 e. The van der Waals surface area contributed by atoms with Crippen molar-refractivity contribution in [2.45, 2.75) is 86.8 Å². The molecule has 2 aliphatic heterocycles. The Labute approximate surface area is 241 Å². The zero-order valence-corrected chi connectivity index (χ0v) is 22.8. The first-order chi connectivity index (χ1) is 19.8. The molecule has 2 aliphatic rings. The van der Waals surface area contributed by atoms with Gasteiger partial charge < -0.3 is 64.5 Å². The number of benzene rings is 1.